The molecule has 1 unspecified atom stereocenters. The molecule has 0 spiro atoms. The largest absolute Gasteiger partial charge is 0.383 e. The van der Waals surface area contributed by atoms with E-state index in [1.54, 1.807) is 7.11 Å². The quantitative estimate of drug-likeness (QED) is 0.697. The Balaban J connectivity index is 2.84. The predicted octanol–water partition coefficient (Wildman–Crippen LogP) is 0.620. The van der Waals surface area contributed by atoms with Gasteiger partial charge in [0.15, 0.2) is 0 Å². The minimum absolute atomic E-state index is 0.0948. The van der Waals surface area contributed by atoms with E-state index in [4.69, 9.17) is 4.74 Å². The van der Waals surface area contributed by atoms with Crippen LogP contribution < -0.4 is 5.32 Å². The average molecular weight is 214 g/mol. The van der Waals surface area contributed by atoms with E-state index in [-0.39, 0.29) is 17.2 Å². The van der Waals surface area contributed by atoms with E-state index in [9.17, 15) is 4.79 Å². The minimum Gasteiger partial charge on any atom is -0.383 e. The van der Waals surface area contributed by atoms with E-state index in [0.29, 0.717) is 6.61 Å². The summed E-state index contributed by atoms with van der Waals surface area (Å²) in [5, 5.41) is 3.47. The van der Waals surface area contributed by atoms with Crippen molar-refractivity contribution in [3.05, 3.63) is 0 Å². The predicted molar refractivity (Wildman–Crippen MR) is 59.7 cm³/mol. The SMILES string of the molecule is COCCN1C(C=O)C(C)(C)NC1(C)C. The zero-order valence-corrected chi connectivity index (χ0v) is 10.3. The van der Waals surface area contributed by atoms with Gasteiger partial charge >= 0.3 is 0 Å². The van der Waals surface area contributed by atoms with Crippen molar-refractivity contribution in [3.63, 3.8) is 0 Å². The number of nitrogens with zero attached hydrogens (tertiary/aromatic N) is 1. The molecule has 4 nitrogen and oxygen atoms in total. The zero-order valence-electron chi connectivity index (χ0n) is 10.3. The molecule has 0 aromatic rings. The number of ether oxygens (including phenoxy) is 1. The number of carbonyl (C=O) groups excluding carboxylic acids is 1. The Labute approximate surface area is 92.0 Å². The summed E-state index contributed by atoms with van der Waals surface area (Å²) in [4.78, 5) is 13.3. The molecule has 0 bridgehead atoms. The van der Waals surface area contributed by atoms with E-state index < -0.39 is 0 Å². The molecule has 0 radical (unpaired) electrons. The summed E-state index contributed by atoms with van der Waals surface area (Å²) in [7, 11) is 1.68. The number of carbonyl (C=O) groups is 1. The van der Waals surface area contributed by atoms with E-state index in [2.05, 4.69) is 37.9 Å². The van der Waals surface area contributed by atoms with Gasteiger partial charge in [-0.25, -0.2) is 0 Å². The molecule has 0 aromatic heterocycles. The first-order chi connectivity index (χ1) is 6.85. The summed E-state index contributed by atoms with van der Waals surface area (Å²) in [6, 6.07) is -0.0948. The van der Waals surface area contributed by atoms with Gasteiger partial charge in [0.05, 0.1) is 18.3 Å². The van der Waals surface area contributed by atoms with Crippen LogP contribution in [0.1, 0.15) is 27.7 Å². The number of nitrogens with one attached hydrogen (secondary N) is 1. The molecule has 4 heteroatoms. The van der Waals surface area contributed by atoms with E-state index >= 15 is 0 Å². The summed E-state index contributed by atoms with van der Waals surface area (Å²) in [6.07, 6.45) is 1.03. The lowest BCUT2D eigenvalue weighted by molar-refractivity contribution is -0.113. The number of hydrogen-bond donors (Lipinski definition) is 1. The molecule has 0 aromatic carbocycles. The molecule has 1 rings (SSSR count). The Kier molecular flexibility index (Phi) is 3.53. The summed E-state index contributed by atoms with van der Waals surface area (Å²) in [6.45, 7) is 9.71. The molecule has 1 aliphatic heterocycles. The number of rotatable bonds is 4. The second-order valence-corrected chi connectivity index (χ2v) is 5.17. The molecule has 0 amide bonds. The fourth-order valence-electron chi connectivity index (χ4n) is 2.52. The van der Waals surface area contributed by atoms with Crippen molar-refractivity contribution in [2.24, 2.45) is 0 Å². The smallest absolute Gasteiger partial charge is 0.139 e. The molecule has 1 atom stereocenters. The molecule has 0 saturated carbocycles. The molecule has 1 saturated heterocycles. The second-order valence-electron chi connectivity index (χ2n) is 5.17. The molecule has 1 heterocycles. The van der Waals surface area contributed by atoms with Gasteiger partial charge in [0, 0.05) is 19.2 Å². The number of methoxy groups -OCH3 is 1. The van der Waals surface area contributed by atoms with Crippen LogP contribution in [0.5, 0.6) is 0 Å². The van der Waals surface area contributed by atoms with Crippen LogP contribution >= 0.6 is 0 Å². The first-order valence-electron chi connectivity index (χ1n) is 5.35. The van der Waals surface area contributed by atoms with Crippen molar-refractivity contribution < 1.29 is 9.53 Å². The summed E-state index contributed by atoms with van der Waals surface area (Å²) >= 11 is 0. The lowest BCUT2D eigenvalue weighted by Gasteiger charge is -2.32. The lowest BCUT2D eigenvalue weighted by atomic mass is 9.97. The van der Waals surface area contributed by atoms with Gasteiger partial charge in [-0.15, -0.1) is 0 Å². The van der Waals surface area contributed by atoms with Crippen molar-refractivity contribution >= 4 is 6.29 Å². The lowest BCUT2D eigenvalue weighted by Crippen LogP contribution is -2.49. The maximum Gasteiger partial charge on any atom is 0.139 e. The van der Waals surface area contributed by atoms with Gasteiger partial charge in [-0.2, -0.15) is 0 Å². The highest BCUT2D eigenvalue weighted by atomic mass is 16.5. The molecule has 88 valence electrons. The van der Waals surface area contributed by atoms with Crippen LogP contribution in [0.25, 0.3) is 0 Å². The van der Waals surface area contributed by atoms with Gasteiger partial charge in [0.2, 0.25) is 0 Å². The molecule has 15 heavy (non-hydrogen) atoms. The van der Waals surface area contributed by atoms with Gasteiger partial charge in [0.1, 0.15) is 6.29 Å². The Bertz CT molecular complexity index is 239. The fourth-order valence-corrected chi connectivity index (χ4v) is 2.52. The third kappa shape index (κ3) is 2.38. The Morgan fingerprint density at radius 3 is 2.47 bits per heavy atom. The molecule has 1 N–H and O–H groups in total. The minimum atomic E-state index is -0.182. The molecule has 0 aliphatic carbocycles. The Morgan fingerprint density at radius 1 is 1.40 bits per heavy atom. The van der Waals surface area contributed by atoms with Crippen molar-refractivity contribution in [1.29, 1.82) is 0 Å². The normalized spacial score (nSPS) is 29.3. The van der Waals surface area contributed by atoms with Gasteiger partial charge < -0.3 is 9.53 Å². The maximum atomic E-state index is 11.2. The van der Waals surface area contributed by atoms with Crippen LogP contribution in [0, 0.1) is 0 Å². The zero-order chi connectivity index (χ0) is 11.7. The van der Waals surface area contributed by atoms with Crippen molar-refractivity contribution in [2.75, 3.05) is 20.3 Å². The highest BCUT2D eigenvalue weighted by Gasteiger charge is 2.49. The van der Waals surface area contributed by atoms with Crippen LogP contribution in [0.15, 0.2) is 0 Å². The van der Waals surface area contributed by atoms with Crippen LogP contribution in [0.3, 0.4) is 0 Å². The second kappa shape index (κ2) is 4.20. The highest BCUT2D eigenvalue weighted by Crippen LogP contribution is 2.31. The third-order valence-electron chi connectivity index (χ3n) is 3.09. The van der Waals surface area contributed by atoms with Crippen LogP contribution in [-0.4, -0.2) is 48.7 Å². The summed E-state index contributed by atoms with van der Waals surface area (Å²) in [5.74, 6) is 0. The Hall–Kier alpha value is -0.450. The summed E-state index contributed by atoms with van der Waals surface area (Å²) in [5.41, 5.74) is -0.341. The van der Waals surface area contributed by atoms with Crippen molar-refractivity contribution in [2.45, 2.75) is 44.9 Å². The average Bonchev–Trinajstić information content (AvgIpc) is 2.26. The van der Waals surface area contributed by atoms with E-state index in [1.165, 1.54) is 0 Å². The topological polar surface area (TPSA) is 41.6 Å². The van der Waals surface area contributed by atoms with Crippen molar-refractivity contribution in [3.8, 4) is 0 Å². The van der Waals surface area contributed by atoms with Crippen LogP contribution in [0.2, 0.25) is 0 Å². The molecule has 1 fully saturated rings. The first kappa shape index (κ1) is 12.6. The van der Waals surface area contributed by atoms with Gasteiger partial charge in [-0.05, 0) is 27.7 Å². The monoisotopic (exact) mass is 214 g/mol. The van der Waals surface area contributed by atoms with E-state index in [1.807, 2.05) is 0 Å². The van der Waals surface area contributed by atoms with Crippen LogP contribution in [-0.2, 0) is 9.53 Å². The fraction of sp³-hybridized carbons (Fsp3) is 0.909. The molecule has 1 aliphatic rings. The third-order valence-corrected chi connectivity index (χ3v) is 3.09. The number of hydrogen-bond acceptors (Lipinski definition) is 4. The first-order valence-corrected chi connectivity index (χ1v) is 5.35. The highest BCUT2D eigenvalue weighted by molar-refractivity contribution is 5.61. The van der Waals surface area contributed by atoms with Crippen molar-refractivity contribution in [1.82, 2.24) is 10.2 Å². The molecular weight excluding hydrogens is 192 g/mol. The number of aldehydes is 1. The standard InChI is InChI=1S/C11H22N2O2/c1-10(2)9(8-14)13(6-7-15-5)11(3,4)12-10/h8-9,12H,6-7H2,1-5H3. The molecular formula is C11H22N2O2. The van der Waals surface area contributed by atoms with Gasteiger partial charge in [0.25, 0.3) is 0 Å². The maximum absolute atomic E-state index is 11.2. The summed E-state index contributed by atoms with van der Waals surface area (Å²) < 4.78 is 5.07. The van der Waals surface area contributed by atoms with Gasteiger partial charge in [-0.1, -0.05) is 0 Å². The Morgan fingerprint density at radius 2 is 2.00 bits per heavy atom. The van der Waals surface area contributed by atoms with Gasteiger partial charge in [-0.3, -0.25) is 10.2 Å². The van der Waals surface area contributed by atoms with E-state index in [0.717, 1.165) is 12.8 Å². The van der Waals surface area contributed by atoms with Crippen LogP contribution in [0.4, 0.5) is 0 Å².